The highest BCUT2D eigenvalue weighted by atomic mass is 127. The van der Waals surface area contributed by atoms with Crippen LogP contribution in [0, 0.1) is 14.9 Å². The van der Waals surface area contributed by atoms with E-state index in [0.717, 1.165) is 14.3 Å². The SMILES string of the molecule is CCOc1cc(/C=C(\C#N)C(=O)Nc2ccc3ccccc3c2)cc(I)c1OCC. The molecule has 5 nitrogen and oxygen atoms in total. The highest BCUT2D eigenvalue weighted by molar-refractivity contribution is 14.1. The number of anilines is 1. The van der Waals surface area contributed by atoms with Crippen LogP contribution in [0.4, 0.5) is 5.69 Å². The Kier molecular flexibility index (Phi) is 7.31. The molecule has 0 unspecified atom stereocenters. The molecule has 0 aliphatic rings. The van der Waals surface area contributed by atoms with Crippen molar-refractivity contribution in [2.24, 2.45) is 0 Å². The van der Waals surface area contributed by atoms with Gasteiger partial charge in [-0.1, -0.05) is 30.3 Å². The molecule has 1 amide bonds. The summed E-state index contributed by atoms with van der Waals surface area (Å²) in [7, 11) is 0. The molecular formula is C24H21IN2O3. The summed E-state index contributed by atoms with van der Waals surface area (Å²) in [6, 6.07) is 19.2. The molecule has 0 spiro atoms. The number of ether oxygens (including phenoxy) is 2. The van der Waals surface area contributed by atoms with Crippen LogP contribution in [0.15, 0.2) is 60.2 Å². The molecule has 0 aromatic heterocycles. The van der Waals surface area contributed by atoms with E-state index in [0.29, 0.717) is 36.0 Å². The first-order valence-electron chi connectivity index (χ1n) is 9.56. The van der Waals surface area contributed by atoms with Gasteiger partial charge in [0.2, 0.25) is 0 Å². The number of hydrogen-bond acceptors (Lipinski definition) is 4. The van der Waals surface area contributed by atoms with E-state index in [-0.39, 0.29) is 5.57 Å². The minimum atomic E-state index is -0.463. The maximum Gasteiger partial charge on any atom is 0.266 e. The van der Waals surface area contributed by atoms with Crippen LogP contribution < -0.4 is 14.8 Å². The molecule has 6 heteroatoms. The zero-order valence-corrected chi connectivity index (χ0v) is 18.9. The van der Waals surface area contributed by atoms with Gasteiger partial charge >= 0.3 is 0 Å². The van der Waals surface area contributed by atoms with Gasteiger partial charge in [-0.05, 0) is 83.1 Å². The second-order valence-corrected chi connectivity index (χ2v) is 7.54. The van der Waals surface area contributed by atoms with Crippen molar-refractivity contribution < 1.29 is 14.3 Å². The van der Waals surface area contributed by atoms with Gasteiger partial charge in [0.15, 0.2) is 11.5 Å². The molecule has 1 N–H and O–H groups in total. The van der Waals surface area contributed by atoms with E-state index in [4.69, 9.17) is 9.47 Å². The Morgan fingerprint density at radius 3 is 2.50 bits per heavy atom. The van der Waals surface area contributed by atoms with E-state index in [1.165, 1.54) is 0 Å². The predicted octanol–water partition coefficient (Wildman–Crippen LogP) is 5.79. The normalized spacial score (nSPS) is 11.1. The number of fused-ring (bicyclic) bond motifs is 1. The molecule has 3 aromatic carbocycles. The number of nitriles is 1. The largest absolute Gasteiger partial charge is 0.490 e. The van der Waals surface area contributed by atoms with E-state index >= 15 is 0 Å². The van der Waals surface area contributed by atoms with E-state index in [9.17, 15) is 10.1 Å². The van der Waals surface area contributed by atoms with E-state index in [1.54, 1.807) is 12.1 Å². The number of rotatable bonds is 7. The lowest BCUT2D eigenvalue weighted by molar-refractivity contribution is -0.112. The van der Waals surface area contributed by atoms with Gasteiger partial charge in [-0.3, -0.25) is 4.79 Å². The Morgan fingerprint density at radius 2 is 1.80 bits per heavy atom. The molecular weight excluding hydrogens is 491 g/mol. The zero-order chi connectivity index (χ0) is 21.5. The fraction of sp³-hybridized carbons (Fsp3) is 0.167. The third-order valence-corrected chi connectivity index (χ3v) is 5.11. The summed E-state index contributed by atoms with van der Waals surface area (Å²) in [6.45, 7) is 4.80. The van der Waals surface area contributed by atoms with Gasteiger partial charge in [-0.25, -0.2) is 0 Å². The van der Waals surface area contributed by atoms with Crippen LogP contribution in [0.5, 0.6) is 11.5 Å². The Balaban J connectivity index is 1.88. The number of carbonyl (C=O) groups is 1. The first-order chi connectivity index (χ1) is 14.5. The summed E-state index contributed by atoms with van der Waals surface area (Å²) < 4.78 is 12.2. The summed E-state index contributed by atoms with van der Waals surface area (Å²) in [5, 5.41) is 14.5. The third kappa shape index (κ3) is 5.10. The number of benzene rings is 3. The van der Waals surface area contributed by atoms with Crippen molar-refractivity contribution in [1.82, 2.24) is 0 Å². The summed E-state index contributed by atoms with van der Waals surface area (Å²) in [5.41, 5.74) is 1.33. The number of nitrogens with one attached hydrogen (secondary N) is 1. The summed E-state index contributed by atoms with van der Waals surface area (Å²) in [4.78, 5) is 12.7. The molecule has 0 atom stereocenters. The minimum Gasteiger partial charge on any atom is -0.490 e. The van der Waals surface area contributed by atoms with E-state index in [1.807, 2.05) is 68.4 Å². The van der Waals surface area contributed by atoms with Crippen molar-refractivity contribution in [2.75, 3.05) is 18.5 Å². The van der Waals surface area contributed by atoms with Crippen molar-refractivity contribution >= 4 is 51.0 Å². The summed E-state index contributed by atoms with van der Waals surface area (Å²) >= 11 is 2.16. The summed E-state index contributed by atoms with van der Waals surface area (Å²) in [6.07, 6.45) is 1.55. The van der Waals surface area contributed by atoms with Crippen LogP contribution in [0.2, 0.25) is 0 Å². The Morgan fingerprint density at radius 1 is 1.07 bits per heavy atom. The topological polar surface area (TPSA) is 71.3 Å². The van der Waals surface area contributed by atoms with Crippen molar-refractivity contribution in [1.29, 1.82) is 5.26 Å². The monoisotopic (exact) mass is 512 g/mol. The number of amides is 1. The maximum absolute atomic E-state index is 12.7. The molecule has 152 valence electrons. The average Bonchev–Trinajstić information content (AvgIpc) is 2.74. The standard InChI is InChI=1S/C24H21IN2O3/c1-3-29-22-13-16(12-21(25)23(22)30-4-2)11-19(15-26)24(28)27-20-10-9-17-7-5-6-8-18(17)14-20/h5-14H,3-4H2,1-2H3,(H,27,28)/b19-11+. The average molecular weight is 512 g/mol. The summed E-state index contributed by atoms with van der Waals surface area (Å²) in [5.74, 6) is 0.788. The van der Waals surface area contributed by atoms with E-state index < -0.39 is 5.91 Å². The Bertz CT molecular complexity index is 1150. The molecule has 0 fully saturated rings. The molecule has 3 aromatic rings. The molecule has 0 heterocycles. The second-order valence-electron chi connectivity index (χ2n) is 6.38. The zero-order valence-electron chi connectivity index (χ0n) is 16.7. The van der Waals surface area contributed by atoms with Gasteiger partial charge in [0, 0.05) is 5.69 Å². The fourth-order valence-electron chi connectivity index (χ4n) is 3.00. The molecule has 0 aliphatic heterocycles. The number of hydrogen-bond donors (Lipinski definition) is 1. The second kappa shape index (κ2) is 10.1. The number of halogens is 1. The van der Waals surface area contributed by atoms with Crippen LogP contribution in [0.1, 0.15) is 19.4 Å². The van der Waals surface area contributed by atoms with Gasteiger partial charge in [-0.15, -0.1) is 0 Å². The molecule has 0 saturated carbocycles. The van der Waals surface area contributed by atoms with Crippen LogP contribution >= 0.6 is 22.6 Å². The van der Waals surface area contributed by atoms with Gasteiger partial charge < -0.3 is 14.8 Å². The third-order valence-electron chi connectivity index (χ3n) is 4.30. The van der Waals surface area contributed by atoms with Crippen molar-refractivity contribution in [3.63, 3.8) is 0 Å². The highest BCUT2D eigenvalue weighted by Gasteiger charge is 2.14. The first-order valence-corrected chi connectivity index (χ1v) is 10.6. The van der Waals surface area contributed by atoms with Gasteiger partial charge in [0.1, 0.15) is 11.6 Å². The number of nitrogens with zero attached hydrogens (tertiary/aromatic N) is 1. The van der Waals surface area contributed by atoms with Crippen molar-refractivity contribution in [3.8, 4) is 17.6 Å². The molecule has 0 radical (unpaired) electrons. The predicted molar refractivity (Wildman–Crippen MR) is 128 cm³/mol. The van der Waals surface area contributed by atoms with Crippen molar-refractivity contribution in [2.45, 2.75) is 13.8 Å². The molecule has 0 aliphatic carbocycles. The Labute approximate surface area is 189 Å². The smallest absolute Gasteiger partial charge is 0.266 e. The van der Waals surface area contributed by atoms with Gasteiger partial charge in [0.25, 0.3) is 5.91 Å². The van der Waals surface area contributed by atoms with Crippen LogP contribution in [0.3, 0.4) is 0 Å². The Hall–Kier alpha value is -3.05. The highest BCUT2D eigenvalue weighted by Crippen LogP contribution is 2.35. The van der Waals surface area contributed by atoms with Crippen LogP contribution in [-0.4, -0.2) is 19.1 Å². The molecule has 0 saturated heterocycles. The first kappa shape index (κ1) is 21.7. The minimum absolute atomic E-state index is 0.00515. The lowest BCUT2D eigenvalue weighted by Gasteiger charge is -2.13. The van der Waals surface area contributed by atoms with Gasteiger partial charge in [0.05, 0.1) is 16.8 Å². The number of carbonyl (C=O) groups excluding carboxylic acids is 1. The lowest BCUT2D eigenvalue weighted by Crippen LogP contribution is -2.13. The molecule has 0 bridgehead atoms. The van der Waals surface area contributed by atoms with Crippen molar-refractivity contribution in [3.05, 3.63) is 69.3 Å². The molecule has 30 heavy (non-hydrogen) atoms. The van der Waals surface area contributed by atoms with E-state index in [2.05, 4.69) is 27.9 Å². The van der Waals surface area contributed by atoms with Crippen LogP contribution in [-0.2, 0) is 4.79 Å². The lowest BCUT2D eigenvalue weighted by atomic mass is 10.1. The fourth-order valence-corrected chi connectivity index (χ4v) is 3.78. The quantitative estimate of drug-likeness (QED) is 0.247. The maximum atomic E-state index is 12.7. The molecule has 3 rings (SSSR count). The van der Waals surface area contributed by atoms with Gasteiger partial charge in [-0.2, -0.15) is 5.26 Å². The van der Waals surface area contributed by atoms with Crippen LogP contribution in [0.25, 0.3) is 16.8 Å².